The lowest BCUT2D eigenvalue weighted by molar-refractivity contribution is -0.166. The minimum atomic E-state index is -0.574. The molecule has 3 aliphatic rings. The van der Waals surface area contributed by atoms with Crippen molar-refractivity contribution in [3.63, 3.8) is 0 Å². The van der Waals surface area contributed by atoms with Gasteiger partial charge in [-0.25, -0.2) is 0 Å². The maximum Gasteiger partial charge on any atom is 0.317 e. The van der Waals surface area contributed by atoms with Crippen LogP contribution < -0.4 is 0 Å². The van der Waals surface area contributed by atoms with Gasteiger partial charge in [0, 0.05) is 6.54 Å². The molecule has 0 aromatic heterocycles. The van der Waals surface area contributed by atoms with E-state index in [0.717, 1.165) is 61.6 Å². The number of carbonyl (C=O) groups excluding carboxylic acids is 2. The van der Waals surface area contributed by atoms with E-state index in [2.05, 4.69) is 32.0 Å². The normalized spacial score (nSPS) is 26.1. The van der Waals surface area contributed by atoms with E-state index < -0.39 is 5.41 Å². The fourth-order valence-electron chi connectivity index (χ4n) is 5.15. The van der Waals surface area contributed by atoms with E-state index in [1.165, 1.54) is 0 Å². The molecule has 1 amide bonds. The zero-order valence-corrected chi connectivity index (χ0v) is 17.0. The molecule has 0 bridgehead atoms. The summed E-state index contributed by atoms with van der Waals surface area (Å²) in [6.45, 7) is 5.12. The van der Waals surface area contributed by atoms with E-state index in [1.54, 1.807) is 0 Å². The van der Waals surface area contributed by atoms with Gasteiger partial charge in [0.2, 0.25) is 0 Å². The lowest BCUT2D eigenvalue weighted by atomic mass is 9.64. The van der Waals surface area contributed by atoms with Gasteiger partial charge in [0.15, 0.2) is 6.61 Å². The molecule has 152 valence electrons. The first-order valence-corrected chi connectivity index (χ1v) is 10.7. The van der Waals surface area contributed by atoms with Crippen LogP contribution in [0, 0.1) is 13.8 Å². The van der Waals surface area contributed by atoms with Crippen molar-refractivity contribution in [1.82, 2.24) is 4.90 Å². The Morgan fingerprint density at radius 2 is 1.82 bits per heavy atom. The van der Waals surface area contributed by atoms with Crippen molar-refractivity contribution in [1.29, 1.82) is 0 Å². The summed E-state index contributed by atoms with van der Waals surface area (Å²) in [5, 5.41) is 0. The average Bonchev–Trinajstić information content (AvgIpc) is 2.64. The van der Waals surface area contributed by atoms with Crippen molar-refractivity contribution in [3.8, 4) is 0 Å². The van der Waals surface area contributed by atoms with Crippen molar-refractivity contribution >= 4 is 11.9 Å². The smallest absolute Gasteiger partial charge is 0.317 e. The van der Waals surface area contributed by atoms with E-state index in [-0.39, 0.29) is 30.6 Å². The molecule has 0 unspecified atom stereocenters. The molecule has 5 nitrogen and oxygen atoms in total. The number of morpholine rings is 1. The zero-order chi connectivity index (χ0) is 19.7. The van der Waals surface area contributed by atoms with E-state index in [1.807, 2.05) is 4.90 Å². The zero-order valence-electron chi connectivity index (χ0n) is 17.0. The van der Waals surface area contributed by atoms with Crippen molar-refractivity contribution in [3.05, 3.63) is 34.9 Å². The first kappa shape index (κ1) is 19.4. The Morgan fingerprint density at radius 3 is 2.50 bits per heavy atom. The molecule has 0 N–H and O–H groups in total. The van der Waals surface area contributed by atoms with Gasteiger partial charge in [-0.1, -0.05) is 48.6 Å². The summed E-state index contributed by atoms with van der Waals surface area (Å²) in [6, 6.07) is 6.43. The van der Waals surface area contributed by atoms with Gasteiger partial charge in [-0.05, 0) is 45.1 Å². The van der Waals surface area contributed by atoms with Crippen LogP contribution in [0.25, 0.3) is 0 Å². The Labute approximate surface area is 167 Å². The summed E-state index contributed by atoms with van der Waals surface area (Å²) in [6.07, 6.45) is 7.05. The van der Waals surface area contributed by atoms with Gasteiger partial charge in [0.05, 0.1) is 24.2 Å². The second kappa shape index (κ2) is 7.86. The molecule has 2 saturated carbocycles. The van der Waals surface area contributed by atoms with E-state index in [9.17, 15) is 9.59 Å². The van der Waals surface area contributed by atoms with Crippen LogP contribution in [-0.4, -0.2) is 48.7 Å². The number of fused-ring (bicyclic) bond motifs is 1. The summed E-state index contributed by atoms with van der Waals surface area (Å²) in [5.74, 6) is -0.325. The summed E-state index contributed by atoms with van der Waals surface area (Å²) in [7, 11) is 0. The molecule has 28 heavy (non-hydrogen) atoms. The van der Waals surface area contributed by atoms with Gasteiger partial charge in [-0.15, -0.1) is 0 Å². The Balaban J connectivity index is 1.42. The van der Waals surface area contributed by atoms with Crippen LogP contribution in [0.2, 0.25) is 0 Å². The van der Waals surface area contributed by atoms with Gasteiger partial charge < -0.3 is 14.4 Å². The summed E-state index contributed by atoms with van der Waals surface area (Å²) in [4.78, 5) is 27.7. The number of hydrogen-bond donors (Lipinski definition) is 0. The molecule has 1 aromatic carbocycles. The molecule has 0 radical (unpaired) electrons. The van der Waals surface area contributed by atoms with E-state index in [4.69, 9.17) is 9.47 Å². The molecule has 2 aliphatic carbocycles. The largest absolute Gasteiger partial charge is 0.455 e. The van der Waals surface area contributed by atoms with Gasteiger partial charge in [-0.3, -0.25) is 9.59 Å². The van der Waals surface area contributed by atoms with Gasteiger partial charge in [-0.2, -0.15) is 0 Å². The van der Waals surface area contributed by atoms with Crippen molar-refractivity contribution in [2.24, 2.45) is 0 Å². The topological polar surface area (TPSA) is 55.8 Å². The monoisotopic (exact) mass is 385 g/mol. The number of carbonyl (C=O) groups is 2. The fraction of sp³-hybridized carbons (Fsp3) is 0.652. The Hall–Kier alpha value is -1.88. The SMILES string of the molecule is Cc1cc(C)cc(C2(C(=O)OCC(=O)N3CCO[C@@H]4CCCC[C@H]43)CCC2)c1. The fourth-order valence-corrected chi connectivity index (χ4v) is 5.15. The minimum absolute atomic E-state index is 0.0801. The number of amides is 1. The highest BCUT2D eigenvalue weighted by Gasteiger charge is 2.47. The number of hydrogen-bond acceptors (Lipinski definition) is 4. The molecule has 2 atom stereocenters. The highest BCUT2D eigenvalue weighted by molar-refractivity contribution is 5.87. The number of benzene rings is 1. The maximum absolute atomic E-state index is 13.0. The van der Waals surface area contributed by atoms with Crippen LogP contribution in [0.5, 0.6) is 0 Å². The number of aryl methyl sites for hydroxylation is 2. The molecule has 5 heteroatoms. The lowest BCUT2D eigenvalue weighted by Gasteiger charge is -2.44. The summed E-state index contributed by atoms with van der Waals surface area (Å²) in [5.41, 5.74) is 2.77. The maximum atomic E-state index is 13.0. The molecule has 4 rings (SSSR count). The first-order valence-electron chi connectivity index (χ1n) is 10.7. The predicted octanol–water partition coefficient (Wildman–Crippen LogP) is 3.44. The Morgan fingerprint density at radius 1 is 1.11 bits per heavy atom. The van der Waals surface area contributed by atoms with Crippen LogP contribution in [0.1, 0.15) is 61.6 Å². The molecule has 1 aromatic rings. The number of nitrogens with zero attached hydrogens (tertiary/aromatic N) is 1. The Kier molecular flexibility index (Phi) is 5.46. The molecule has 1 aliphatic heterocycles. The van der Waals surface area contributed by atoms with Crippen molar-refractivity contribution in [2.75, 3.05) is 19.8 Å². The number of rotatable bonds is 4. The van der Waals surface area contributed by atoms with E-state index in [0.29, 0.717) is 13.2 Å². The highest BCUT2D eigenvalue weighted by atomic mass is 16.5. The second-order valence-corrected chi connectivity index (χ2v) is 8.74. The molecule has 1 heterocycles. The van der Waals surface area contributed by atoms with Gasteiger partial charge >= 0.3 is 5.97 Å². The summed E-state index contributed by atoms with van der Waals surface area (Å²) >= 11 is 0. The van der Waals surface area contributed by atoms with Gasteiger partial charge in [0.1, 0.15) is 0 Å². The number of esters is 1. The number of ether oxygens (including phenoxy) is 2. The molecule has 3 fully saturated rings. The van der Waals surface area contributed by atoms with Crippen LogP contribution in [0.15, 0.2) is 18.2 Å². The predicted molar refractivity (Wildman–Crippen MR) is 106 cm³/mol. The van der Waals surface area contributed by atoms with Crippen molar-refractivity contribution < 1.29 is 19.1 Å². The third-order valence-corrected chi connectivity index (χ3v) is 6.75. The lowest BCUT2D eigenvalue weighted by Crippen LogP contribution is -2.56. The molecular weight excluding hydrogens is 354 g/mol. The average molecular weight is 386 g/mol. The third kappa shape index (κ3) is 3.57. The molecule has 0 spiro atoms. The molecule has 1 saturated heterocycles. The van der Waals surface area contributed by atoms with Crippen LogP contribution in [0.3, 0.4) is 0 Å². The minimum Gasteiger partial charge on any atom is -0.455 e. The Bertz CT molecular complexity index is 733. The standard InChI is InChI=1S/C23H31NO4/c1-16-12-17(2)14-18(13-16)23(8-5-9-23)22(26)28-15-21(25)24-10-11-27-20-7-4-3-6-19(20)24/h12-14,19-20H,3-11,15H2,1-2H3/t19-,20-/m1/s1. The first-order chi connectivity index (χ1) is 13.5. The second-order valence-electron chi connectivity index (χ2n) is 8.74. The van der Waals surface area contributed by atoms with E-state index >= 15 is 0 Å². The van der Waals surface area contributed by atoms with Crippen LogP contribution >= 0.6 is 0 Å². The van der Waals surface area contributed by atoms with Crippen LogP contribution in [0.4, 0.5) is 0 Å². The molecular formula is C23H31NO4. The third-order valence-electron chi connectivity index (χ3n) is 6.75. The highest BCUT2D eigenvalue weighted by Crippen LogP contribution is 2.45. The summed E-state index contributed by atoms with van der Waals surface area (Å²) < 4.78 is 11.5. The van der Waals surface area contributed by atoms with Gasteiger partial charge in [0.25, 0.3) is 5.91 Å². The van der Waals surface area contributed by atoms with Crippen LogP contribution in [-0.2, 0) is 24.5 Å². The van der Waals surface area contributed by atoms with Crippen molar-refractivity contribution in [2.45, 2.75) is 76.4 Å². The quantitative estimate of drug-likeness (QED) is 0.745.